The molecule has 0 aliphatic carbocycles. The monoisotopic (exact) mass is 440 g/mol. The predicted molar refractivity (Wildman–Crippen MR) is 124 cm³/mol. The zero-order chi connectivity index (χ0) is 22.4. The summed E-state index contributed by atoms with van der Waals surface area (Å²) in [6.07, 6.45) is 0. The van der Waals surface area contributed by atoms with Crippen molar-refractivity contribution in [2.75, 3.05) is 13.2 Å². The molecule has 2 aromatic carbocycles. The van der Waals surface area contributed by atoms with Crippen molar-refractivity contribution < 1.29 is 19.0 Å². The standard InChI is InChI=1S/C24H28N2O4S/c1-5-28-20-13-18(11-12-19(20)30-14-17-9-7-15(3)8-10-17)22-21(23(27)29-6-2)16(4)25-24(31)26-22/h7-13,22H,5-6,14H2,1-4H3,(H2,25,26,31)/t22-/m1/s1. The molecule has 1 aliphatic heterocycles. The van der Waals surface area contributed by atoms with Gasteiger partial charge in [-0.2, -0.15) is 0 Å². The minimum absolute atomic E-state index is 0.294. The van der Waals surface area contributed by atoms with E-state index in [-0.39, 0.29) is 5.97 Å². The Hall–Kier alpha value is -3.06. The van der Waals surface area contributed by atoms with Crippen molar-refractivity contribution in [3.63, 3.8) is 0 Å². The lowest BCUT2D eigenvalue weighted by molar-refractivity contribution is -0.139. The zero-order valence-electron chi connectivity index (χ0n) is 18.3. The van der Waals surface area contributed by atoms with Gasteiger partial charge in [0.05, 0.1) is 24.8 Å². The summed E-state index contributed by atoms with van der Waals surface area (Å²) in [5.74, 6) is 0.866. The SMILES string of the molecule is CCOC(=O)C1=C(C)NC(=S)N[C@@H]1c1ccc(OCc2ccc(C)cc2)c(OCC)c1. The van der Waals surface area contributed by atoms with Gasteiger partial charge in [0.15, 0.2) is 16.6 Å². The van der Waals surface area contributed by atoms with Crippen LogP contribution in [0, 0.1) is 6.92 Å². The summed E-state index contributed by atoms with van der Waals surface area (Å²) < 4.78 is 17.1. The van der Waals surface area contributed by atoms with Crippen LogP contribution in [0.3, 0.4) is 0 Å². The van der Waals surface area contributed by atoms with E-state index >= 15 is 0 Å². The van der Waals surface area contributed by atoms with Crippen LogP contribution in [0.15, 0.2) is 53.7 Å². The molecule has 2 N–H and O–H groups in total. The van der Waals surface area contributed by atoms with Gasteiger partial charge in [0.25, 0.3) is 0 Å². The second-order valence-electron chi connectivity index (χ2n) is 7.20. The largest absolute Gasteiger partial charge is 0.490 e. The molecule has 0 amide bonds. The number of nitrogens with one attached hydrogen (secondary N) is 2. The third-order valence-electron chi connectivity index (χ3n) is 4.88. The maximum absolute atomic E-state index is 12.6. The van der Waals surface area contributed by atoms with Crippen LogP contribution in [0.2, 0.25) is 0 Å². The smallest absolute Gasteiger partial charge is 0.338 e. The van der Waals surface area contributed by atoms with Gasteiger partial charge in [-0.15, -0.1) is 0 Å². The molecule has 0 radical (unpaired) electrons. The van der Waals surface area contributed by atoms with E-state index in [2.05, 4.69) is 29.7 Å². The number of carbonyl (C=O) groups excluding carboxylic acids is 1. The highest BCUT2D eigenvalue weighted by Gasteiger charge is 2.31. The molecule has 2 aromatic rings. The Kier molecular flexibility index (Phi) is 7.52. The third kappa shape index (κ3) is 5.55. The first-order chi connectivity index (χ1) is 14.9. The Bertz CT molecular complexity index is 986. The van der Waals surface area contributed by atoms with Crippen molar-refractivity contribution in [3.8, 4) is 11.5 Å². The van der Waals surface area contributed by atoms with E-state index in [0.717, 1.165) is 11.1 Å². The van der Waals surface area contributed by atoms with Gasteiger partial charge in [-0.05, 0) is 63.2 Å². The fourth-order valence-electron chi connectivity index (χ4n) is 3.36. The number of benzene rings is 2. The van der Waals surface area contributed by atoms with Crippen molar-refractivity contribution in [2.45, 2.75) is 40.3 Å². The van der Waals surface area contributed by atoms with Crippen LogP contribution in [0.5, 0.6) is 11.5 Å². The third-order valence-corrected chi connectivity index (χ3v) is 5.10. The van der Waals surface area contributed by atoms with E-state index in [0.29, 0.717) is 47.7 Å². The number of aryl methyl sites for hydroxylation is 1. The average molecular weight is 441 g/mol. The molecule has 0 saturated carbocycles. The molecule has 0 spiro atoms. The summed E-state index contributed by atoms with van der Waals surface area (Å²) in [6.45, 7) is 8.78. The second kappa shape index (κ2) is 10.3. The summed E-state index contributed by atoms with van der Waals surface area (Å²) in [7, 11) is 0. The molecule has 0 saturated heterocycles. The van der Waals surface area contributed by atoms with Crippen LogP contribution < -0.4 is 20.1 Å². The molecule has 1 atom stereocenters. The molecule has 3 rings (SSSR count). The number of hydrogen-bond acceptors (Lipinski definition) is 5. The summed E-state index contributed by atoms with van der Waals surface area (Å²) in [6, 6.07) is 13.4. The second-order valence-corrected chi connectivity index (χ2v) is 7.61. The Morgan fingerprint density at radius 3 is 2.42 bits per heavy atom. The van der Waals surface area contributed by atoms with Gasteiger partial charge in [0, 0.05) is 5.70 Å². The molecular weight excluding hydrogens is 412 g/mol. The molecule has 7 heteroatoms. The molecular formula is C24H28N2O4S. The zero-order valence-corrected chi connectivity index (χ0v) is 19.1. The number of rotatable bonds is 8. The Morgan fingerprint density at radius 1 is 1.00 bits per heavy atom. The minimum Gasteiger partial charge on any atom is -0.490 e. The fraction of sp³-hybridized carbons (Fsp3) is 0.333. The molecule has 0 unspecified atom stereocenters. The van der Waals surface area contributed by atoms with E-state index in [1.54, 1.807) is 6.92 Å². The van der Waals surface area contributed by atoms with Gasteiger partial charge >= 0.3 is 5.97 Å². The van der Waals surface area contributed by atoms with Crippen molar-refractivity contribution in [1.82, 2.24) is 10.6 Å². The van der Waals surface area contributed by atoms with E-state index < -0.39 is 6.04 Å². The topological polar surface area (TPSA) is 68.8 Å². The van der Waals surface area contributed by atoms with Crippen molar-refractivity contribution in [1.29, 1.82) is 0 Å². The van der Waals surface area contributed by atoms with Crippen LogP contribution in [-0.4, -0.2) is 24.3 Å². The highest BCUT2D eigenvalue weighted by atomic mass is 32.1. The first kappa shape index (κ1) is 22.6. The lowest BCUT2D eigenvalue weighted by Gasteiger charge is -2.30. The predicted octanol–water partition coefficient (Wildman–Crippen LogP) is 4.33. The molecule has 0 aromatic heterocycles. The van der Waals surface area contributed by atoms with E-state index in [4.69, 9.17) is 26.4 Å². The number of allylic oxidation sites excluding steroid dienone is 1. The minimum atomic E-state index is -0.446. The Labute approximate surface area is 188 Å². The van der Waals surface area contributed by atoms with Gasteiger partial charge in [-0.3, -0.25) is 0 Å². The van der Waals surface area contributed by atoms with Crippen LogP contribution in [0.1, 0.15) is 43.5 Å². The van der Waals surface area contributed by atoms with Crippen LogP contribution >= 0.6 is 12.2 Å². The molecule has 6 nitrogen and oxygen atoms in total. The van der Waals surface area contributed by atoms with Gasteiger partial charge in [-0.25, -0.2) is 4.79 Å². The summed E-state index contributed by atoms with van der Waals surface area (Å²) in [5, 5.41) is 6.63. The number of esters is 1. The Balaban J connectivity index is 1.89. The highest BCUT2D eigenvalue weighted by Crippen LogP contribution is 2.35. The van der Waals surface area contributed by atoms with Gasteiger partial charge < -0.3 is 24.8 Å². The lowest BCUT2D eigenvalue weighted by Crippen LogP contribution is -2.45. The molecule has 1 aliphatic rings. The van der Waals surface area contributed by atoms with Crippen LogP contribution in [0.25, 0.3) is 0 Å². The van der Waals surface area contributed by atoms with Gasteiger partial charge in [0.2, 0.25) is 0 Å². The average Bonchev–Trinajstić information content (AvgIpc) is 2.73. The Morgan fingerprint density at radius 2 is 1.74 bits per heavy atom. The first-order valence-electron chi connectivity index (χ1n) is 10.3. The number of thiocarbonyl (C=S) groups is 1. The molecule has 0 bridgehead atoms. The van der Waals surface area contributed by atoms with Gasteiger partial charge in [0.1, 0.15) is 6.61 Å². The maximum Gasteiger partial charge on any atom is 0.338 e. The normalized spacial score (nSPS) is 15.7. The lowest BCUT2D eigenvalue weighted by atomic mass is 9.95. The fourth-order valence-corrected chi connectivity index (χ4v) is 3.63. The molecule has 164 valence electrons. The van der Waals surface area contributed by atoms with Crippen molar-refractivity contribution in [3.05, 3.63) is 70.4 Å². The summed E-state index contributed by atoms with van der Waals surface area (Å²) >= 11 is 5.31. The van der Waals surface area contributed by atoms with E-state index in [1.165, 1.54) is 5.56 Å². The number of ether oxygens (including phenoxy) is 3. The number of carbonyl (C=O) groups is 1. The molecule has 0 fully saturated rings. The number of hydrogen-bond donors (Lipinski definition) is 2. The molecule has 1 heterocycles. The molecule has 31 heavy (non-hydrogen) atoms. The maximum atomic E-state index is 12.6. The summed E-state index contributed by atoms with van der Waals surface area (Å²) in [4.78, 5) is 12.6. The van der Waals surface area contributed by atoms with E-state index in [1.807, 2.05) is 44.2 Å². The van der Waals surface area contributed by atoms with Crippen molar-refractivity contribution >= 4 is 23.3 Å². The first-order valence-corrected chi connectivity index (χ1v) is 10.7. The van der Waals surface area contributed by atoms with Crippen LogP contribution in [-0.2, 0) is 16.1 Å². The summed E-state index contributed by atoms with van der Waals surface area (Å²) in [5.41, 5.74) is 4.27. The van der Waals surface area contributed by atoms with E-state index in [9.17, 15) is 4.79 Å². The van der Waals surface area contributed by atoms with Gasteiger partial charge in [-0.1, -0.05) is 35.9 Å². The van der Waals surface area contributed by atoms with Crippen molar-refractivity contribution in [2.24, 2.45) is 0 Å². The van der Waals surface area contributed by atoms with Crippen LogP contribution in [0.4, 0.5) is 0 Å². The quantitative estimate of drug-likeness (QED) is 0.468. The highest BCUT2D eigenvalue weighted by molar-refractivity contribution is 7.80.